The molecule has 36 heavy (non-hydrogen) atoms. The van der Waals surface area contributed by atoms with Gasteiger partial charge in [-0.15, -0.1) is 0 Å². The molecule has 0 aliphatic carbocycles. The first kappa shape index (κ1) is 25.2. The summed E-state index contributed by atoms with van der Waals surface area (Å²) in [6, 6.07) is 19.8. The van der Waals surface area contributed by atoms with Gasteiger partial charge in [-0.2, -0.15) is 0 Å². The van der Waals surface area contributed by atoms with Crippen LogP contribution in [-0.4, -0.2) is 51.5 Å². The predicted molar refractivity (Wildman–Crippen MR) is 137 cm³/mol. The first-order chi connectivity index (χ1) is 17.2. The summed E-state index contributed by atoms with van der Waals surface area (Å²) in [5.41, 5.74) is 1.54. The number of para-hydroxylation sites is 1. The van der Waals surface area contributed by atoms with Crippen LogP contribution < -0.4 is 10.1 Å². The molecule has 1 aromatic heterocycles. The van der Waals surface area contributed by atoms with Gasteiger partial charge in [0, 0.05) is 30.6 Å². The molecule has 0 aliphatic heterocycles. The summed E-state index contributed by atoms with van der Waals surface area (Å²) in [6.07, 6.45) is 0. The van der Waals surface area contributed by atoms with E-state index in [0.29, 0.717) is 34.6 Å². The lowest BCUT2D eigenvalue weighted by Gasteiger charge is -2.12. The van der Waals surface area contributed by atoms with Gasteiger partial charge >= 0.3 is 0 Å². The monoisotopic (exact) mass is 506 g/mol. The largest absolute Gasteiger partial charge is 0.494 e. The normalized spacial score (nSPS) is 11.6. The fourth-order valence-electron chi connectivity index (χ4n) is 3.69. The number of fused-ring (bicyclic) bond motifs is 1. The van der Waals surface area contributed by atoms with Gasteiger partial charge in [-0.05, 0) is 55.5 Å². The van der Waals surface area contributed by atoms with Crippen LogP contribution in [0.15, 0.2) is 82.1 Å². The van der Waals surface area contributed by atoms with Crippen LogP contribution >= 0.6 is 0 Å². The summed E-state index contributed by atoms with van der Waals surface area (Å²) in [4.78, 5) is 26.3. The fraction of sp³-hybridized carbons (Fsp3) is 0.185. The first-order valence-corrected chi connectivity index (χ1v) is 12.7. The molecule has 0 amide bonds. The van der Waals surface area contributed by atoms with Crippen molar-refractivity contribution in [1.82, 2.24) is 4.31 Å². The Morgan fingerprint density at radius 2 is 1.67 bits per heavy atom. The molecule has 0 radical (unpaired) electrons. The molecule has 1 N–H and O–H groups in total. The van der Waals surface area contributed by atoms with E-state index in [4.69, 9.17) is 9.15 Å². The number of carbonyl (C=O) groups excluding carboxylic acids is 2. The van der Waals surface area contributed by atoms with Gasteiger partial charge in [0.05, 0.1) is 23.7 Å². The summed E-state index contributed by atoms with van der Waals surface area (Å²) in [6.45, 7) is 2.23. The molecule has 3 aromatic carbocycles. The fourth-order valence-corrected chi connectivity index (χ4v) is 4.64. The molecule has 8 nitrogen and oxygen atoms in total. The number of rotatable bonds is 10. The third kappa shape index (κ3) is 5.02. The second-order valence-electron chi connectivity index (χ2n) is 8.18. The molecule has 0 saturated heterocycles. The standard InChI is InChI=1S/C27H26N2O6S/c1-4-34-20-14-12-18(13-15-20)26(31)27-25(22-10-5-6-11-24(22)35-27)28-17-23(30)19-8-7-9-21(16-19)36(32,33)29(2)3/h5-16,28H,4,17H2,1-3H3. The minimum atomic E-state index is -3.68. The van der Waals surface area contributed by atoms with Crippen LogP contribution in [0.25, 0.3) is 11.0 Å². The third-order valence-corrected chi connectivity index (χ3v) is 7.40. The van der Waals surface area contributed by atoms with Crippen molar-refractivity contribution in [3.8, 4) is 5.75 Å². The number of sulfonamides is 1. The van der Waals surface area contributed by atoms with Crippen molar-refractivity contribution in [2.75, 3.05) is 32.6 Å². The summed E-state index contributed by atoms with van der Waals surface area (Å²) < 4.78 is 37.3. The van der Waals surface area contributed by atoms with Gasteiger partial charge < -0.3 is 14.5 Å². The van der Waals surface area contributed by atoms with Crippen molar-refractivity contribution in [2.24, 2.45) is 0 Å². The van der Waals surface area contributed by atoms with Crippen molar-refractivity contribution < 1.29 is 27.2 Å². The van der Waals surface area contributed by atoms with E-state index in [9.17, 15) is 18.0 Å². The van der Waals surface area contributed by atoms with Crippen LogP contribution in [0.1, 0.15) is 33.4 Å². The molecule has 0 fully saturated rings. The highest BCUT2D eigenvalue weighted by Gasteiger charge is 2.23. The summed E-state index contributed by atoms with van der Waals surface area (Å²) in [5, 5.41) is 3.71. The maximum atomic E-state index is 13.3. The number of hydrogen-bond acceptors (Lipinski definition) is 7. The summed E-state index contributed by atoms with van der Waals surface area (Å²) in [5.74, 6) is 0.0528. The van der Waals surface area contributed by atoms with Crippen LogP contribution in [0.3, 0.4) is 0 Å². The minimum Gasteiger partial charge on any atom is -0.494 e. The van der Waals surface area contributed by atoms with Crippen molar-refractivity contribution in [3.63, 3.8) is 0 Å². The van der Waals surface area contributed by atoms with E-state index >= 15 is 0 Å². The van der Waals surface area contributed by atoms with Gasteiger partial charge in [0.2, 0.25) is 15.8 Å². The lowest BCUT2D eigenvalue weighted by molar-refractivity contribution is 0.0997. The molecule has 0 unspecified atom stereocenters. The zero-order valence-corrected chi connectivity index (χ0v) is 21.0. The number of Topliss-reactive ketones (excluding diaryl/α,β-unsaturated/α-hetero) is 1. The number of benzene rings is 3. The van der Waals surface area contributed by atoms with Crippen LogP contribution in [-0.2, 0) is 10.0 Å². The van der Waals surface area contributed by atoms with Gasteiger partial charge in [-0.1, -0.05) is 24.3 Å². The van der Waals surface area contributed by atoms with E-state index in [1.165, 1.54) is 32.3 Å². The summed E-state index contributed by atoms with van der Waals surface area (Å²) >= 11 is 0. The first-order valence-electron chi connectivity index (χ1n) is 11.3. The molecule has 0 aliphatic rings. The van der Waals surface area contributed by atoms with Gasteiger partial charge in [0.1, 0.15) is 11.3 Å². The lowest BCUT2D eigenvalue weighted by atomic mass is 10.1. The third-order valence-electron chi connectivity index (χ3n) is 5.59. The maximum Gasteiger partial charge on any atom is 0.242 e. The van der Waals surface area contributed by atoms with E-state index in [1.807, 2.05) is 13.0 Å². The average molecular weight is 507 g/mol. The number of furan rings is 1. The average Bonchev–Trinajstić information content (AvgIpc) is 3.26. The quantitative estimate of drug-likeness (QED) is 0.313. The SMILES string of the molecule is CCOc1ccc(C(=O)c2oc3ccccc3c2NCC(=O)c2cccc(S(=O)(=O)N(C)C)c2)cc1. The molecule has 4 aromatic rings. The minimum absolute atomic E-state index is 0.0264. The highest BCUT2D eigenvalue weighted by atomic mass is 32.2. The van der Waals surface area contributed by atoms with E-state index in [2.05, 4.69) is 5.32 Å². The Kier molecular flexibility index (Phi) is 7.23. The number of ether oxygens (including phenoxy) is 1. The van der Waals surface area contributed by atoms with E-state index in [1.54, 1.807) is 48.5 Å². The van der Waals surface area contributed by atoms with Gasteiger partial charge in [0.15, 0.2) is 11.5 Å². The Hall–Kier alpha value is -3.95. The maximum absolute atomic E-state index is 13.3. The molecule has 186 valence electrons. The van der Waals surface area contributed by atoms with Crippen molar-refractivity contribution in [1.29, 1.82) is 0 Å². The highest BCUT2D eigenvalue weighted by Crippen LogP contribution is 2.33. The number of carbonyl (C=O) groups is 2. The molecule has 1 heterocycles. The highest BCUT2D eigenvalue weighted by molar-refractivity contribution is 7.89. The Balaban J connectivity index is 1.62. The Morgan fingerprint density at radius 1 is 0.944 bits per heavy atom. The van der Waals surface area contributed by atoms with Gasteiger partial charge in [-0.3, -0.25) is 9.59 Å². The molecule has 4 rings (SSSR count). The van der Waals surface area contributed by atoms with Crippen LogP contribution in [0, 0.1) is 0 Å². The number of anilines is 1. The molecule has 0 saturated carbocycles. The van der Waals surface area contributed by atoms with Crippen molar-refractivity contribution >= 4 is 38.2 Å². The predicted octanol–water partition coefficient (Wildman–Crippen LogP) is 4.61. The molecular formula is C27H26N2O6S. The zero-order chi connectivity index (χ0) is 25.9. The van der Waals surface area contributed by atoms with Crippen molar-refractivity contribution in [2.45, 2.75) is 11.8 Å². The van der Waals surface area contributed by atoms with Crippen LogP contribution in [0.2, 0.25) is 0 Å². The molecule has 0 spiro atoms. The van der Waals surface area contributed by atoms with Crippen LogP contribution in [0.4, 0.5) is 5.69 Å². The zero-order valence-electron chi connectivity index (χ0n) is 20.1. The number of hydrogen-bond donors (Lipinski definition) is 1. The van der Waals surface area contributed by atoms with Crippen LogP contribution in [0.5, 0.6) is 5.75 Å². The molecular weight excluding hydrogens is 480 g/mol. The molecule has 0 atom stereocenters. The van der Waals surface area contributed by atoms with E-state index in [0.717, 1.165) is 4.31 Å². The topological polar surface area (TPSA) is 106 Å². The van der Waals surface area contributed by atoms with E-state index in [-0.39, 0.29) is 34.3 Å². The van der Waals surface area contributed by atoms with Gasteiger partial charge in [-0.25, -0.2) is 12.7 Å². The Labute approximate surface area is 209 Å². The number of ketones is 2. The Morgan fingerprint density at radius 3 is 2.36 bits per heavy atom. The lowest BCUT2D eigenvalue weighted by Crippen LogP contribution is -2.23. The molecule has 9 heteroatoms. The smallest absolute Gasteiger partial charge is 0.242 e. The molecule has 0 bridgehead atoms. The number of nitrogens with one attached hydrogen (secondary N) is 1. The second-order valence-corrected chi connectivity index (χ2v) is 10.3. The summed E-state index contributed by atoms with van der Waals surface area (Å²) in [7, 11) is -0.825. The second kappa shape index (κ2) is 10.3. The van der Waals surface area contributed by atoms with Gasteiger partial charge in [0.25, 0.3) is 0 Å². The van der Waals surface area contributed by atoms with Crippen molar-refractivity contribution in [3.05, 3.63) is 89.7 Å². The number of nitrogens with zero attached hydrogens (tertiary/aromatic N) is 1. The Bertz CT molecular complexity index is 1520. The van der Waals surface area contributed by atoms with E-state index < -0.39 is 10.0 Å².